The molecule has 3 N–H and O–H groups in total. The number of rotatable bonds is 1. The van der Waals surface area contributed by atoms with Gasteiger partial charge in [-0.25, -0.2) is 0 Å². The van der Waals surface area contributed by atoms with E-state index in [2.05, 4.69) is 0 Å². The lowest BCUT2D eigenvalue weighted by Crippen LogP contribution is -2.48. The van der Waals surface area contributed by atoms with Crippen LogP contribution in [-0.2, 0) is 4.79 Å². The number of hydrogen-bond acceptors (Lipinski definition) is 2. The van der Waals surface area contributed by atoms with Gasteiger partial charge in [0.1, 0.15) is 0 Å². The SMILES string of the molecule is N[C@H]1CCC[C@@H]1NC(=O)C(F)(F)F. The summed E-state index contributed by atoms with van der Waals surface area (Å²) in [6.45, 7) is 0. The zero-order valence-corrected chi connectivity index (χ0v) is 6.90. The van der Waals surface area contributed by atoms with Gasteiger partial charge in [-0.3, -0.25) is 4.79 Å². The molecule has 13 heavy (non-hydrogen) atoms. The summed E-state index contributed by atoms with van der Waals surface area (Å²) in [5.74, 6) is -1.89. The van der Waals surface area contributed by atoms with Crippen LogP contribution in [0.2, 0.25) is 0 Å². The molecule has 0 unspecified atom stereocenters. The largest absolute Gasteiger partial charge is 0.471 e. The van der Waals surface area contributed by atoms with E-state index in [0.717, 1.165) is 6.42 Å². The Morgan fingerprint density at radius 3 is 2.38 bits per heavy atom. The Kier molecular flexibility index (Phi) is 2.80. The number of nitrogens with two attached hydrogens (primary N) is 1. The summed E-state index contributed by atoms with van der Waals surface area (Å²) in [5.41, 5.74) is 5.49. The van der Waals surface area contributed by atoms with E-state index in [1.165, 1.54) is 0 Å². The van der Waals surface area contributed by atoms with Crippen LogP contribution >= 0.6 is 0 Å². The van der Waals surface area contributed by atoms with Gasteiger partial charge in [-0.1, -0.05) is 0 Å². The van der Waals surface area contributed by atoms with Crippen LogP contribution in [0.15, 0.2) is 0 Å². The van der Waals surface area contributed by atoms with Gasteiger partial charge in [0.05, 0.1) is 0 Å². The first-order valence-electron chi connectivity index (χ1n) is 4.04. The quantitative estimate of drug-likeness (QED) is 0.643. The van der Waals surface area contributed by atoms with Crippen LogP contribution in [-0.4, -0.2) is 24.2 Å². The Hall–Kier alpha value is -0.780. The van der Waals surface area contributed by atoms with Gasteiger partial charge in [0, 0.05) is 12.1 Å². The van der Waals surface area contributed by atoms with Crippen LogP contribution in [0.25, 0.3) is 0 Å². The van der Waals surface area contributed by atoms with Crippen molar-refractivity contribution in [1.82, 2.24) is 5.32 Å². The highest BCUT2D eigenvalue weighted by atomic mass is 19.4. The van der Waals surface area contributed by atoms with Crippen molar-refractivity contribution in [2.75, 3.05) is 0 Å². The fourth-order valence-electron chi connectivity index (χ4n) is 1.42. The molecule has 0 aromatic carbocycles. The number of hydrogen-bond donors (Lipinski definition) is 2. The molecule has 0 saturated heterocycles. The minimum absolute atomic E-state index is 0.341. The highest BCUT2D eigenvalue weighted by Gasteiger charge is 2.41. The van der Waals surface area contributed by atoms with Crippen LogP contribution in [0, 0.1) is 0 Å². The van der Waals surface area contributed by atoms with E-state index in [9.17, 15) is 18.0 Å². The van der Waals surface area contributed by atoms with Gasteiger partial charge >= 0.3 is 12.1 Å². The zero-order chi connectivity index (χ0) is 10.1. The summed E-state index contributed by atoms with van der Waals surface area (Å²) in [7, 11) is 0. The Morgan fingerprint density at radius 2 is 2.00 bits per heavy atom. The monoisotopic (exact) mass is 196 g/mol. The lowest BCUT2D eigenvalue weighted by molar-refractivity contribution is -0.174. The van der Waals surface area contributed by atoms with Crippen LogP contribution in [0.5, 0.6) is 0 Å². The van der Waals surface area contributed by atoms with Crippen molar-refractivity contribution in [2.45, 2.75) is 37.5 Å². The lowest BCUT2D eigenvalue weighted by atomic mass is 10.2. The molecule has 3 nitrogen and oxygen atoms in total. The van der Waals surface area contributed by atoms with Gasteiger partial charge in [-0.2, -0.15) is 13.2 Å². The second-order valence-electron chi connectivity index (χ2n) is 3.17. The van der Waals surface area contributed by atoms with Crippen molar-refractivity contribution in [3.63, 3.8) is 0 Å². The molecule has 1 amide bonds. The molecular weight excluding hydrogens is 185 g/mol. The van der Waals surface area contributed by atoms with Gasteiger partial charge in [0.25, 0.3) is 0 Å². The Bertz CT molecular complexity index is 204. The van der Waals surface area contributed by atoms with E-state index < -0.39 is 18.1 Å². The van der Waals surface area contributed by atoms with E-state index in [-0.39, 0.29) is 6.04 Å². The number of alkyl halides is 3. The van der Waals surface area contributed by atoms with Crippen LogP contribution < -0.4 is 11.1 Å². The molecule has 1 aliphatic rings. The molecule has 0 radical (unpaired) electrons. The average Bonchev–Trinajstić information content (AvgIpc) is 2.34. The van der Waals surface area contributed by atoms with Crippen molar-refractivity contribution in [2.24, 2.45) is 5.73 Å². The van der Waals surface area contributed by atoms with Crippen molar-refractivity contribution < 1.29 is 18.0 Å². The first kappa shape index (κ1) is 10.3. The zero-order valence-electron chi connectivity index (χ0n) is 6.90. The predicted octanol–water partition coefficient (Wildman–Crippen LogP) is 0.545. The van der Waals surface area contributed by atoms with Gasteiger partial charge in [0.15, 0.2) is 0 Å². The maximum atomic E-state index is 11.8. The van der Waals surface area contributed by atoms with Gasteiger partial charge < -0.3 is 11.1 Å². The third kappa shape index (κ3) is 2.58. The molecule has 1 saturated carbocycles. The highest BCUT2D eigenvalue weighted by Crippen LogP contribution is 2.20. The van der Waals surface area contributed by atoms with E-state index in [1.54, 1.807) is 0 Å². The Morgan fingerprint density at radius 1 is 1.38 bits per heavy atom. The van der Waals surface area contributed by atoms with Crippen molar-refractivity contribution in [3.05, 3.63) is 0 Å². The molecule has 0 bridgehead atoms. The normalized spacial score (nSPS) is 28.9. The summed E-state index contributed by atoms with van der Waals surface area (Å²) < 4.78 is 35.3. The van der Waals surface area contributed by atoms with Crippen LogP contribution in [0.4, 0.5) is 13.2 Å². The van der Waals surface area contributed by atoms with Crippen molar-refractivity contribution in [3.8, 4) is 0 Å². The lowest BCUT2D eigenvalue weighted by Gasteiger charge is -2.17. The fourth-order valence-corrected chi connectivity index (χ4v) is 1.42. The minimum atomic E-state index is -4.80. The van der Waals surface area contributed by atoms with Crippen molar-refractivity contribution >= 4 is 5.91 Å². The van der Waals surface area contributed by atoms with E-state index in [0.29, 0.717) is 12.8 Å². The molecule has 1 fully saturated rings. The summed E-state index contributed by atoms with van der Waals surface area (Å²) in [6, 6.07) is -0.861. The molecule has 2 atom stereocenters. The number of carbonyl (C=O) groups is 1. The number of halogens is 3. The van der Waals surface area contributed by atoms with Crippen LogP contribution in [0.3, 0.4) is 0 Å². The maximum Gasteiger partial charge on any atom is 0.471 e. The minimum Gasteiger partial charge on any atom is -0.344 e. The third-order valence-corrected chi connectivity index (χ3v) is 2.14. The topological polar surface area (TPSA) is 55.1 Å². The fraction of sp³-hybridized carbons (Fsp3) is 0.857. The highest BCUT2D eigenvalue weighted by molar-refractivity contribution is 5.82. The van der Waals surface area contributed by atoms with E-state index in [1.807, 2.05) is 5.32 Å². The molecule has 0 aromatic rings. The molecule has 0 heterocycles. The summed E-state index contributed by atoms with van der Waals surface area (Å²) >= 11 is 0. The molecule has 1 rings (SSSR count). The second kappa shape index (κ2) is 3.53. The maximum absolute atomic E-state index is 11.8. The predicted molar refractivity (Wildman–Crippen MR) is 39.8 cm³/mol. The number of nitrogens with one attached hydrogen (secondary N) is 1. The summed E-state index contributed by atoms with van der Waals surface area (Å²) in [5, 5.41) is 1.88. The van der Waals surface area contributed by atoms with Crippen molar-refractivity contribution in [1.29, 1.82) is 0 Å². The molecule has 0 aromatic heterocycles. The molecule has 0 aliphatic heterocycles. The molecule has 0 spiro atoms. The van der Waals surface area contributed by atoms with Crippen LogP contribution in [0.1, 0.15) is 19.3 Å². The van der Waals surface area contributed by atoms with E-state index >= 15 is 0 Å². The molecule has 76 valence electrons. The third-order valence-electron chi connectivity index (χ3n) is 2.14. The average molecular weight is 196 g/mol. The standard InChI is InChI=1S/C7H11F3N2O/c8-7(9,10)6(13)12-5-3-1-2-4(5)11/h4-5H,1-3,11H2,(H,12,13)/t4-,5-/m0/s1. The molecule has 1 aliphatic carbocycles. The summed E-state index contributed by atoms with van der Waals surface area (Å²) in [4.78, 5) is 10.5. The van der Waals surface area contributed by atoms with E-state index in [4.69, 9.17) is 5.73 Å². The first-order valence-corrected chi connectivity index (χ1v) is 4.04. The molecule has 6 heteroatoms. The number of amides is 1. The smallest absolute Gasteiger partial charge is 0.344 e. The van der Waals surface area contributed by atoms with Gasteiger partial charge in [0.2, 0.25) is 0 Å². The Labute approximate surface area is 73.5 Å². The van der Waals surface area contributed by atoms with Gasteiger partial charge in [-0.05, 0) is 19.3 Å². The first-order chi connectivity index (χ1) is 5.91. The Balaban J connectivity index is 2.45. The van der Waals surface area contributed by atoms with Gasteiger partial charge in [-0.15, -0.1) is 0 Å². The number of carbonyl (C=O) groups excluding carboxylic acids is 1. The second-order valence-corrected chi connectivity index (χ2v) is 3.17. The summed E-state index contributed by atoms with van der Waals surface area (Å²) in [6.07, 6.45) is -2.84. The molecular formula is C7H11F3N2O.